The van der Waals surface area contributed by atoms with Crippen LogP contribution in [0.5, 0.6) is 0 Å². The zero-order valence-electron chi connectivity index (χ0n) is 23.1. The van der Waals surface area contributed by atoms with Gasteiger partial charge >= 0.3 is 17.9 Å². The molecule has 0 amide bonds. The monoisotopic (exact) mass is 566 g/mol. The van der Waals surface area contributed by atoms with E-state index >= 15 is 0 Å². The molecule has 4 N–H and O–H groups in total. The number of nitrogens with zero attached hydrogens (tertiary/aromatic N) is 4. The van der Waals surface area contributed by atoms with Crippen molar-refractivity contribution in [3.05, 3.63) is 60.0 Å². The number of rotatable bonds is 11. The molecule has 3 aromatic rings. The lowest BCUT2D eigenvalue weighted by molar-refractivity contribution is -0.171. The highest BCUT2D eigenvalue weighted by Gasteiger charge is 2.61. The number of fused-ring (bicyclic) bond motifs is 1. The van der Waals surface area contributed by atoms with Crippen molar-refractivity contribution in [2.45, 2.75) is 57.1 Å². The normalized spacial score (nSPS) is 22.8. The van der Waals surface area contributed by atoms with Crippen LogP contribution in [0, 0.1) is 5.92 Å². The van der Waals surface area contributed by atoms with Crippen LogP contribution >= 0.6 is 0 Å². The van der Waals surface area contributed by atoms with Crippen molar-refractivity contribution in [3.8, 4) is 0 Å². The van der Waals surface area contributed by atoms with Gasteiger partial charge < -0.3 is 30.4 Å². The van der Waals surface area contributed by atoms with Crippen LogP contribution in [0.4, 0.5) is 5.82 Å². The summed E-state index contributed by atoms with van der Waals surface area (Å²) in [6.07, 6.45) is -2.27. The van der Waals surface area contributed by atoms with E-state index in [1.807, 2.05) is 18.2 Å². The summed E-state index contributed by atoms with van der Waals surface area (Å²) in [4.78, 5) is 46.3. The summed E-state index contributed by atoms with van der Waals surface area (Å²) >= 11 is 0. The quantitative estimate of drug-likeness (QED) is 0.193. The van der Waals surface area contributed by atoms with Gasteiger partial charge in [-0.15, -0.1) is 0 Å². The highest BCUT2D eigenvalue weighted by molar-refractivity contribution is 5.76. The fourth-order valence-electron chi connectivity index (χ4n) is 4.80. The second-order valence-electron chi connectivity index (χ2n) is 10.1. The molecule has 4 rings (SSSR count). The number of hydrogen-bond acceptors (Lipinski definition) is 12. The lowest BCUT2D eigenvalue weighted by atomic mass is 9.90. The molecule has 13 heteroatoms. The van der Waals surface area contributed by atoms with E-state index in [9.17, 15) is 14.4 Å². The van der Waals surface area contributed by atoms with Crippen LogP contribution in [0.25, 0.3) is 5.52 Å². The Balaban J connectivity index is 1.75. The van der Waals surface area contributed by atoms with Crippen LogP contribution < -0.4 is 11.5 Å². The van der Waals surface area contributed by atoms with Crippen LogP contribution in [-0.4, -0.2) is 76.7 Å². The molecular formula is C28H34N6O7. The van der Waals surface area contributed by atoms with E-state index in [4.69, 9.17) is 30.4 Å². The van der Waals surface area contributed by atoms with Crippen molar-refractivity contribution in [1.29, 1.82) is 0 Å². The number of carbonyl (C=O) groups excluding carboxylic acids is 3. The average Bonchev–Trinajstić information content (AvgIpc) is 3.49. The Morgan fingerprint density at radius 3 is 2.56 bits per heavy atom. The average molecular weight is 567 g/mol. The molecule has 0 radical (unpaired) electrons. The minimum atomic E-state index is -1.57. The zero-order chi connectivity index (χ0) is 29.7. The molecule has 41 heavy (non-hydrogen) atoms. The van der Waals surface area contributed by atoms with E-state index in [-0.39, 0.29) is 31.3 Å². The molecule has 2 aromatic heterocycles. The predicted molar refractivity (Wildman–Crippen MR) is 148 cm³/mol. The Hall–Kier alpha value is -4.36. The molecule has 0 spiro atoms. The van der Waals surface area contributed by atoms with E-state index in [0.29, 0.717) is 11.2 Å². The van der Waals surface area contributed by atoms with E-state index in [0.717, 1.165) is 5.56 Å². The molecule has 0 saturated carbocycles. The Morgan fingerprint density at radius 1 is 1.17 bits per heavy atom. The van der Waals surface area contributed by atoms with Gasteiger partial charge in [0.25, 0.3) is 0 Å². The summed E-state index contributed by atoms with van der Waals surface area (Å²) < 4.78 is 25.2. The first-order valence-corrected chi connectivity index (χ1v) is 13.1. The van der Waals surface area contributed by atoms with Crippen molar-refractivity contribution < 1.29 is 33.3 Å². The molecule has 1 aromatic carbocycles. The molecular weight excluding hydrogens is 532 g/mol. The van der Waals surface area contributed by atoms with E-state index in [1.54, 1.807) is 38.1 Å². The molecule has 5 atom stereocenters. The topological polar surface area (TPSA) is 183 Å². The van der Waals surface area contributed by atoms with Gasteiger partial charge in [0.2, 0.25) is 0 Å². The van der Waals surface area contributed by atoms with Crippen molar-refractivity contribution in [1.82, 2.24) is 14.6 Å². The maximum atomic E-state index is 13.1. The molecule has 218 valence electrons. The van der Waals surface area contributed by atoms with Gasteiger partial charge in [0.15, 0.2) is 23.6 Å². The third kappa shape index (κ3) is 6.20. The molecule has 1 aliphatic rings. The first-order chi connectivity index (χ1) is 19.6. The number of nitrogen functional groups attached to an aromatic ring is 1. The van der Waals surface area contributed by atoms with Gasteiger partial charge in [0, 0.05) is 6.92 Å². The van der Waals surface area contributed by atoms with Gasteiger partial charge in [0.1, 0.15) is 30.6 Å². The highest BCUT2D eigenvalue weighted by atomic mass is 16.7. The second kappa shape index (κ2) is 12.4. The van der Waals surface area contributed by atoms with Crippen LogP contribution in [0.2, 0.25) is 0 Å². The van der Waals surface area contributed by atoms with E-state index in [2.05, 4.69) is 21.8 Å². The van der Waals surface area contributed by atoms with Crippen LogP contribution in [0.3, 0.4) is 0 Å². The molecule has 3 heterocycles. The number of nitrogens with two attached hydrogens (primary N) is 2. The number of carbonyl (C=O) groups is 3. The van der Waals surface area contributed by atoms with Crippen molar-refractivity contribution in [2.75, 3.05) is 18.9 Å². The minimum Gasteiger partial charge on any atom is -0.463 e. The molecule has 0 aliphatic carbocycles. The second-order valence-corrected chi connectivity index (χ2v) is 10.1. The molecule has 13 nitrogen and oxygen atoms in total. The van der Waals surface area contributed by atoms with Crippen LogP contribution in [-0.2, 0) is 45.4 Å². The van der Waals surface area contributed by atoms with Gasteiger partial charge in [-0.1, -0.05) is 44.2 Å². The molecule has 0 bridgehead atoms. The lowest BCUT2D eigenvalue weighted by Crippen LogP contribution is -2.50. The van der Waals surface area contributed by atoms with Gasteiger partial charge in [-0.3, -0.25) is 19.4 Å². The third-order valence-corrected chi connectivity index (χ3v) is 6.88. The van der Waals surface area contributed by atoms with Crippen LogP contribution in [0.15, 0.2) is 53.8 Å². The Bertz CT molecular complexity index is 1410. The predicted octanol–water partition coefficient (Wildman–Crippen LogP) is 1.22. The SMILES string of the molecule is C=NC[C@@]1(c2ccc3c(N)ncnn23)O[C@H](COC(=O)Cc2ccccc2)[C@@H](OC(=O)[C@@H](N)C(C)C)[C@H]1OC(C)=O. The standard InChI is InChI=1S/C28H34N6O7/c1-16(2)23(29)27(37)40-24-20(13-38-22(36)12-18-8-6-5-7-9-18)41-28(14-31-4,25(24)39-17(3)35)21-11-10-19-26(30)32-15-33-34(19)21/h5-11,15-16,20,23-25H,4,12-14,29H2,1-3H3,(H2,30,32,33)/t20-,23+,24-,25-,28+/m1/s1. The highest BCUT2D eigenvalue weighted by Crippen LogP contribution is 2.44. The fraction of sp³-hybridized carbons (Fsp3) is 0.429. The molecule has 0 unspecified atom stereocenters. The third-order valence-electron chi connectivity index (χ3n) is 6.88. The van der Waals surface area contributed by atoms with E-state index < -0.39 is 47.9 Å². The summed E-state index contributed by atoms with van der Waals surface area (Å²) in [6, 6.07) is 11.4. The zero-order valence-corrected chi connectivity index (χ0v) is 23.1. The maximum absolute atomic E-state index is 13.1. The first kappa shape index (κ1) is 29.6. The van der Waals surface area contributed by atoms with Crippen molar-refractivity contribution in [2.24, 2.45) is 16.6 Å². The molecule has 1 fully saturated rings. The number of aliphatic imine (C=N–C) groups is 1. The number of hydrogen-bond donors (Lipinski definition) is 2. The summed E-state index contributed by atoms with van der Waals surface area (Å²) in [5.41, 5.74) is 12.2. The van der Waals surface area contributed by atoms with Gasteiger partial charge in [0.05, 0.1) is 18.7 Å². The number of benzene rings is 1. The molecule has 1 aliphatic heterocycles. The maximum Gasteiger partial charge on any atom is 0.323 e. The summed E-state index contributed by atoms with van der Waals surface area (Å²) in [5.74, 6) is -1.97. The Kier molecular flexibility index (Phi) is 8.98. The minimum absolute atomic E-state index is 0.0164. The van der Waals surface area contributed by atoms with Gasteiger partial charge in [-0.2, -0.15) is 5.10 Å². The number of aromatic nitrogens is 3. The Morgan fingerprint density at radius 2 is 1.90 bits per heavy atom. The van der Waals surface area contributed by atoms with Crippen molar-refractivity contribution in [3.63, 3.8) is 0 Å². The Labute approximate surface area is 236 Å². The van der Waals surface area contributed by atoms with Gasteiger partial charge in [-0.05, 0) is 30.3 Å². The van der Waals surface area contributed by atoms with Crippen LogP contribution in [0.1, 0.15) is 32.0 Å². The molecule has 1 saturated heterocycles. The summed E-state index contributed by atoms with van der Waals surface area (Å²) in [5, 5.41) is 4.30. The van der Waals surface area contributed by atoms with Crippen molar-refractivity contribution >= 4 is 36.0 Å². The summed E-state index contributed by atoms with van der Waals surface area (Å²) in [7, 11) is 0. The number of ether oxygens (including phenoxy) is 4. The number of esters is 3. The largest absolute Gasteiger partial charge is 0.463 e. The first-order valence-electron chi connectivity index (χ1n) is 13.1. The number of anilines is 1. The summed E-state index contributed by atoms with van der Waals surface area (Å²) in [6.45, 7) is 7.92. The smallest absolute Gasteiger partial charge is 0.323 e. The van der Waals surface area contributed by atoms with Gasteiger partial charge in [-0.25, -0.2) is 9.50 Å². The lowest BCUT2D eigenvalue weighted by Gasteiger charge is -2.33. The van der Waals surface area contributed by atoms with E-state index in [1.165, 1.54) is 17.8 Å². The fourth-order valence-corrected chi connectivity index (χ4v) is 4.80.